The Morgan fingerprint density at radius 3 is 2.96 bits per heavy atom. The van der Waals surface area contributed by atoms with Crippen LogP contribution in [0.4, 0.5) is 0 Å². The highest BCUT2D eigenvalue weighted by Gasteiger charge is 2.35. The molecule has 6 heteroatoms. The second-order valence-corrected chi connectivity index (χ2v) is 6.70. The first-order chi connectivity index (χ1) is 11.2. The Morgan fingerprint density at radius 1 is 1.30 bits per heavy atom. The van der Waals surface area contributed by atoms with E-state index in [1.54, 1.807) is 17.2 Å². The van der Waals surface area contributed by atoms with Gasteiger partial charge in [0, 0.05) is 29.4 Å². The molecule has 2 N–H and O–H groups in total. The zero-order valence-electron chi connectivity index (χ0n) is 12.9. The number of aryl methyl sites for hydroxylation is 1. The summed E-state index contributed by atoms with van der Waals surface area (Å²) < 4.78 is 2.19. The third kappa shape index (κ3) is 2.30. The van der Waals surface area contributed by atoms with Gasteiger partial charge in [-0.1, -0.05) is 11.6 Å². The van der Waals surface area contributed by atoms with Crippen LogP contribution < -0.4 is 5.32 Å². The summed E-state index contributed by atoms with van der Waals surface area (Å²) in [5, 5.41) is 13.3. The molecule has 0 fully saturated rings. The number of nitrogens with zero attached hydrogens (tertiary/aromatic N) is 2. The maximum absolute atomic E-state index is 13.0. The van der Waals surface area contributed by atoms with Crippen LogP contribution in [0, 0.1) is 0 Å². The predicted molar refractivity (Wildman–Crippen MR) is 88.1 cm³/mol. The van der Waals surface area contributed by atoms with E-state index in [1.165, 1.54) is 24.1 Å². The number of hydrogen-bond acceptors (Lipinski definition) is 3. The summed E-state index contributed by atoms with van der Waals surface area (Å²) in [6.45, 7) is 1.25. The van der Waals surface area contributed by atoms with Crippen molar-refractivity contribution in [2.24, 2.45) is 0 Å². The Kier molecular flexibility index (Phi) is 3.70. The zero-order valence-corrected chi connectivity index (χ0v) is 13.6. The van der Waals surface area contributed by atoms with Gasteiger partial charge in [-0.3, -0.25) is 4.79 Å². The van der Waals surface area contributed by atoms with Gasteiger partial charge in [-0.25, -0.2) is 0 Å². The van der Waals surface area contributed by atoms with E-state index in [9.17, 15) is 9.90 Å². The third-order valence-corrected chi connectivity index (χ3v) is 5.42. The van der Waals surface area contributed by atoms with Crippen molar-refractivity contribution in [3.63, 3.8) is 0 Å². The van der Waals surface area contributed by atoms with Gasteiger partial charge in [0.25, 0.3) is 5.91 Å². The number of amides is 1. The lowest BCUT2D eigenvalue weighted by Crippen LogP contribution is -2.53. The maximum atomic E-state index is 13.0. The standard InChI is InChI=1S/C17H20ClN3O2/c18-13-5-6-19-16(12(13)10-22)21-8-7-20-14-4-2-1-3-11(14)9-15(20)17(21)23/h5-6,9,16,19,22H,1-4,7-8,10H2. The quantitative estimate of drug-likeness (QED) is 0.867. The minimum absolute atomic E-state index is 0.00821. The molecule has 1 atom stereocenters. The van der Waals surface area contributed by atoms with E-state index in [2.05, 4.69) is 16.0 Å². The van der Waals surface area contributed by atoms with Gasteiger partial charge in [-0.2, -0.15) is 0 Å². The highest BCUT2D eigenvalue weighted by molar-refractivity contribution is 6.31. The van der Waals surface area contributed by atoms with Crippen molar-refractivity contribution in [1.29, 1.82) is 0 Å². The Hall–Kier alpha value is -1.72. The first kappa shape index (κ1) is 14.8. The lowest BCUT2D eigenvalue weighted by atomic mass is 9.98. The number of aromatic nitrogens is 1. The molecule has 1 aromatic rings. The van der Waals surface area contributed by atoms with E-state index in [4.69, 9.17) is 11.6 Å². The van der Waals surface area contributed by atoms with Crippen molar-refractivity contribution >= 4 is 17.5 Å². The van der Waals surface area contributed by atoms with E-state index in [0.29, 0.717) is 17.2 Å². The van der Waals surface area contributed by atoms with Gasteiger partial charge < -0.3 is 19.9 Å². The van der Waals surface area contributed by atoms with Crippen molar-refractivity contribution in [3.05, 3.63) is 45.9 Å². The minimum atomic E-state index is -0.370. The number of nitrogens with one attached hydrogen (secondary N) is 1. The highest BCUT2D eigenvalue weighted by Crippen LogP contribution is 2.30. The molecular weight excluding hydrogens is 314 g/mol. The molecule has 1 aromatic heterocycles. The Bertz CT molecular complexity index is 720. The van der Waals surface area contributed by atoms with Crippen LogP contribution in [0.15, 0.2) is 28.9 Å². The van der Waals surface area contributed by atoms with Crippen LogP contribution in [-0.2, 0) is 19.4 Å². The third-order valence-electron chi connectivity index (χ3n) is 5.06. The summed E-state index contributed by atoms with van der Waals surface area (Å²) in [7, 11) is 0. The molecule has 4 rings (SSSR count). The summed E-state index contributed by atoms with van der Waals surface area (Å²) in [6.07, 6.45) is 7.62. The molecule has 0 radical (unpaired) electrons. The van der Waals surface area contributed by atoms with Gasteiger partial charge in [-0.05, 0) is 49.6 Å². The number of halogens is 1. The van der Waals surface area contributed by atoms with Crippen molar-refractivity contribution in [2.75, 3.05) is 13.2 Å². The molecule has 0 bridgehead atoms. The number of rotatable bonds is 2. The van der Waals surface area contributed by atoms with Crippen molar-refractivity contribution in [1.82, 2.24) is 14.8 Å². The summed E-state index contributed by atoms with van der Waals surface area (Å²) in [4.78, 5) is 14.8. The predicted octanol–water partition coefficient (Wildman–Crippen LogP) is 1.75. The Labute approximate surface area is 140 Å². The number of aliphatic hydroxyl groups is 1. The van der Waals surface area contributed by atoms with Crippen LogP contribution in [0.1, 0.15) is 34.6 Å². The first-order valence-electron chi connectivity index (χ1n) is 8.15. The average Bonchev–Trinajstić information content (AvgIpc) is 2.95. The van der Waals surface area contributed by atoms with Crippen LogP contribution in [0.2, 0.25) is 0 Å². The largest absolute Gasteiger partial charge is 0.392 e. The fourth-order valence-electron chi connectivity index (χ4n) is 3.89. The van der Waals surface area contributed by atoms with E-state index >= 15 is 0 Å². The van der Waals surface area contributed by atoms with Gasteiger partial charge >= 0.3 is 0 Å². The summed E-state index contributed by atoms with van der Waals surface area (Å²) in [5.41, 5.74) is 4.08. The van der Waals surface area contributed by atoms with Crippen LogP contribution >= 0.6 is 11.6 Å². The molecule has 0 saturated heterocycles. The number of fused-ring (bicyclic) bond motifs is 3. The zero-order chi connectivity index (χ0) is 16.0. The lowest BCUT2D eigenvalue weighted by molar-refractivity contribution is 0.0616. The van der Waals surface area contributed by atoms with Crippen molar-refractivity contribution in [2.45, 2.75) is 38.4 Å². The van der Waals surface area contributed by atoms with Crippen LogP contribution in [0.25, 0.3) is 0 Å². The van der Waals surface area contributed by atoms with Gasteiger partial charge in [0.15, 0.2) is 0 Å². The molecule has 1 amide bonds. The number of aliphatic hydroxyl groups excluding tert-OH is 1. The van der Waals surface area contributed by atoms with Gasteiger partial charge in [0.1, 0.15) is 11.9 Å². The van der Waals surface area contributed by atoms with E-state index in [0.717, 1.165) is 25.1 Å². The number of allylic oxidation sites excluding steroid dienone is 2. The molecule has 3 aliphatic rings. The molecule has 122 valence electrons. The van der Waals surface area contributed by atoms with E-state index < -0.39 is 0 Å². The van der Waals surface area contributed by atoms with Gasteiger partial charge in [0.05, 0.1) is 6.61 Å². The lowest BCUT2D eigenvalue weighted by Gasteiger charge is -2.38. The fraction of sp³-hybridized carbons (Fsp3) is 0.471. The molecule has 0 spiro atoms. The van der Waals surface area contributed by atoms with E-state index in [-0.39, 0.29) is 18.7 Å². The fourth-order valence-corrected chi connectivity index (χ4v) is 4.12. The smallest absolute Gasteiger partial charge is 0.272 e. The van der Waals surface area contributed by atoms with Gasteiger partial charge in [-0.15, -0.1) is 0 Å². The molecule has 3 heterocycles. The Balaban J connectivity index is 1.68. The molecule has 5 nitrogen and oxygen atoms in total. The van der Waals surface area contributed by atoms with Crippen molar-refractivity contribution in [3.8, 4) is 0 Å². The Morgan fingerprint density at radius 2 is 2.13 bits per heavy atom. The van der Waals surface area contributed by atoms with Crippen LogP contribution in [-0.4, -0.2) is 39.8 Å². The highest BCUT2D eigenvalue weighted by atomic mass is 35.5. The van der Waals surface area contributed by atoms with E-state index in [1.807, 2.05) is 0 Å². The maximum Gasteiger partial charge on any atom is 0.272 e. The normalized spacial score (nSPS) is 23.7. The SMILES string of the molecule is O=C1c2cc3c(n2CCN1C1NC=CC(Cl)=C1CO)CCCC3. The van der Waals surface area contributed by atoms with Gasteiger partial charge in [0.2, 0.25) is 0 Å². The van der Waals surface area contributed by atoms with Crippen LogP contribution in [0.5, 0.6) is 0 Å². The van der Waals surface area contributed by atoms with Crippen molar-refractivity contribution < 1.29 is 9.90 Å². The summed E-state index contributed by atoms with van der Waals surface area (Å²) >= 11 is 6.18. The molecular formula is C17H20ClN3O2. The molecule has 1 aliphatic carbocycles. The molecule has 0 aromatic carbocycles. The average molecular weight is 334 g/mol. The second kappa shape index (κ2) is 5.73. The summed E-state index contributed by atoms with van der Waals surface area (Å²) in [6, 6.07) is 2.06. The molecule has 2 aliphatic heterocycles. The molecule has 1 unspecified atom stereocenters. The first-order valence-corrected chi connectivity index (χ1v) is 8.52. The number of carbonyl (C=O) groups is 1. The molecule has 23 heavy (non-hydrogen) atoms. The number of hydrogen-bond donors (Lipinski definition) is 2. The summed E-state index contributed by atoms with van der Waals surface area (Å²) in [5.74, 6) is 0.00821. The number of dihydropyridines is 1. The molecule has 0 saturated carbocycles. The number of carbonyl (C=O) groups excluding carboxylic acids is 1. The van der Waals surface area contributed by atoms with Crippen LogP contribution in [0.3, 0.4) is 0 Å². The second-order valence-electron chi connectivity index (χ2n) is 6.29. The topological polar surface area (TPSA) is 57.5 Å². The minimum Gasteiger partial charge on any atom is -0.392 e. The monoisotopic (exact) mass is 333 g/mol.